The van der Waals surface area contributed by atoms with Gasteiger partial charge in [-0.1, -0.05) is 23.7 Å². The van der Waals surface area contributed by atoms with Gasteiger partial charge in [-0.15, -0.1) is 0 Å². The summed E-state index contributed by atoms with van der Waals surface area (Å²) in [6.45, 7) is 1.42. The summed E-state index contributed by atoms with van der Waals surface area (Å²) in [5.41, 5.74) is 7.65. The van der Waals surface area contributed by atoms with Gasteiger partial charge in [-0.2, -0.15) is 5.26 Å². The molecule has 1 aromatic carbocycles. The van der Waals surface area contributed by atoms with Gasteiger partial charge in [-0.25, -0.2) is 9.97 Å². The standard InChI is InChI=1S/C22H24ClN7O/c23-16-3-1-15(2-4-16)18(5-9-24)29-19(31)13-22(25)7-11-30(12-8-22)21-17-6-10-26-20(17)27-14-28-21/h1-4,6,10,14,18H,5,7-8,11-13,25H2,(H,29,31)(H,26,27,28). The Kier molecular flexibility index (Phi) is 6.07. The molecule has 1 atom stereocenters. The number of anilines is 1. The molecule has 31 heavy (non-hydrogen) atoms. The van der Waals surface area contributed by atoms with Crippen LogP contribution >= 0.6 is 11.6 Å². The van der Waals surface area contributed by atoms with E-state index in [1.807, 2.05) is 24.4 Å². The number of nitrogens with two attached hydrogens (primary N) is 1. The van der Waals surface area contributed by atoms with Gasteiger partial charge in [0, 0.05) is 36.3 Å². The summed E-state index contributed by atoms with van der Waals surface area (Å²) in [6.07, 6.45) is 5.12. The number of nitrogens with one attached hydrogen (secondary N) is 2. The molecular formula is C22H24ClN7O. The Morgan fingerprint density at radius 3 is 2.74 bits per heavy atom. The molecular weight excluding hydrogens is 414 g/mol. The van der Waals surface area contributed by atoms with Gasteiger partial charge in [0.2, 0.25) is 5.91 Å². The van der Waals surface area contributed by atoms with E-state index in [0.29, 0.717) is 31.0 Å². The third kappa shape index (κ3) is 4.79. The highest BCUT2D eigenvalue weighted by Gasteiger charge is 2.34. The number of carbonyl (C=O) groups excluding carboxylic acids is 1. The molecule has 0 radical (unpaired) electrons. The summed E-state index contributed by atoms with van der Waals surface area (Å²) in [5.74, 6) is 0.732. The third-order valence-corrected chi connectivity index (χ3v) is 6.06. The molecule has 1 saturated heterocycles. The lowest BCUT2D eigenvalue weighted by Gasteiger charge is -2.39. The number of rotatable bonds is 6. The van der Waals surface area contributed by atoms with E-state index < -0.39 is 5.54 Å². The van der Waals surface area contributed by atoms with E-state index in [1.54, 1.807) is 18.5 Å². The second-order valence-corrected chi connectivity index (χ2v) is 8.43. The minimum Gasteiger partial charge on any atom is -0.356 e. The zero-order chi connectivity index (χ0) is 21.8. The maximum atomic E-state index is 12.8. The summed E-state index contributed by atoms with van der Waals surface area (Å²) in [6, 6.07) is 10.9. The molecule has 160 valence electrons. The first-order valence-corrected chi connectivity index (χ1v) is 10.6. The molecule has 4 N–H and O–H groups in total. The van der Waals surface area contributed by atoms with E-state index >= 15 is 0 Å². The van der Waals surface area contributed by atoms with Gasteiger partial charge in [0.05, 0.1) is 23.9 Å². The largest absolute Gasteiger partial charge is 0.356 e. The Morgan fingerprint density at radius 2 is 2.03 bits per heavy atom. The van der Waals surface area contributed by atoms with Crippen LogP contribution in [0, 0.1) is 11.3 Å². The summed E-state index contributed by atoms with van der Waals surface area (Å²) in [5, 5.41) is 13.7. The van der Waals surface area contributed by atoms with Crippen molar-refractivity contribution in [2.45, 2.75) is 37.3 Å². The van der Waals surface area contributed by atoms with E-state index in [4.69, 9.17) is 22.6 Å². The number of nitriles is 1. The lowest BCUT2D eigenvalue weighted by molar-refractivity contribution is -0.123. The predicted molar refractivity (Wildman–Crippen MR) is 119 cm³/mol. The molecule has 4 rings (SSSR count). The molecule has 9 heteroatoms. The van der Waals surface area contributed by atoms with E-state index in [2.05, 4.69) is 31.2 Å². The quantitative estimate of drug-likeness (QED) is 0.544. The molecule has 1 amide bonds. The van der Waals surface area contributed by atoms with Crippen molar-refractivity contribution in [2.24, 2.45) is 5.73 Å². The Morgan fingerprint density at radius 1 is 1.29 bits per heavy atom. The van der Waals surface area contributed by atoms with E-state index in [-0.39, 0.29) is 24.8 Å². The highest BCUT2D eigenvalue weighted by molar-refractivity contribution is 6.30. The van der Waals surface area contributed by atoms with Crippen molar-refractivity contribution in [1.29, 1.82) is 5.26 Å². The number of hydrogen-bond donors (Lipinski definition) is 3. The van der Waals surface area contributed by atoms with Crippen LogP contribution in [0.2, 0.25) is 5.02 Å². The molecule has 0 saturated carbocycles. The molecule has 8 nitrogen and oxygen atoms in total. The zero-order valence-corrected chi connectivity index (χ0v) is 17.8. The fourth-order valence-corrected chi connectivity index (χ4v) is 4.18. The first-order chi connectivity index (χ1) is 15.0. The number of piperidine rings is 1. The fraction of sp³-hybridized carbons (Fsp3) is 0.364. The van der Waals surface area contributed by atoms with Gasteiger partial charge in [0.1, 0.15) is 17.8 Å². The van der Waals surface area contributed by atoms with Crippen molar-refractivity contribution in [3.8, 4) is 6.07 Å². The number of hydrogen-bond acceptors (Lipinski definition) is 6. The Hall–Kier alpha value is -3.15. The monoisotopic (exact) mass is 437 g/mol. The van der Waals surface area contributed by atoms with E-state index in [0.717, 1.165) is 22.4 Å². The molecule has 3 heterocycles. The summed E-state index contributed by atoms with van der Waals surface area (Å²) >= 11 is 5.95. The average Bonchev–Trinajstić information content (AvgIpc) is 3.23. The number of amides is 1. The molecule has 2 aromatic heterocycles. The van der Waals surface area contributed by atoms with Gasteiger partial charge < -0.3 is 20.9 Å². The van der Waals surface area contributed by atoms with Crippen molar-refractivity contribution in [3.05, 3.63) is 53.4 Å². The predicted octanol–water partition coefficient (Wildman–Crippen LogP) is 3.07. The van der Waals surface area contributed by atoms with Gasteiger partial charge >= 0.3 is 0 Å². The molecule has 0 aliphatic carbocycles. The third-order valence-electron chi connectivity index (χ3n) is 5.81. The van der Waals surface area contributed by atoms with Gasteiger partial charge in [0.25, 0.3) is 0 Å². The molecule has 0 spiro atoms. The average molecular weight is 438 g/mol. The number of H-pyrrole nitrogens is 1. The first kappa shape index (κ1) is 21.1. The minimum absolute atomic E-state index is 0.152. The Balaban J connectivity index is 1.38. The van der Waals surface area contributed by atoms with Crippen LogP contribution in [-0.2, 0) is 4.79 Å². The van der Waals surface area contributed by atoms with Crippen molar-refractivity contribution in [1.82, 2.24) is 20.3 Å². The van der Waals surface area contributed by atoms with Crippen LogP contribution in [0.4, 0.5) is 5.82 Å². The SMILES string of the molecule is N#CCC(NC(=O)CC1(N)CCN(c2ncnc3[nH]ccc23)CC1)c1ccc(Cl)cc1. The smallest absolute Gasteiger partial charge is 0.222 e. The van der Waals surface area contributed by atoms with E-state index in [1.165, 1.54) is 0 Å². The number of aromatic amines is 1. The van der Waals surface area contributed by atoms with Gasteiger partial charge in [-0.3, -0.25) is 4.79 Å². The number of carbonyl (C=O) groups is 1. The zero-order valence-electron chi connectivity index (χ0n) is 17.0. The van der Waals surface area contributed by atoms with Crippen LogP contribution in [0.25, 0.3) is 11.0 Å². The molecule has 1 aliphatic rings. The lowest BCUT2D eigenvalue weighted by Crippen LogP contribution is -2.53. The molecule has 1 aliphatic heterocycles. The second-order valence-electron chi connectivity index (χ2n) is 8.00. The maximum Gasteiger partial charge on any atom is 0.222 e. The number of aromatic nitrogens is 3. The first-order valence-electron chi connectivity index (χ1n) is 10.2. The topological polar surface area (TPSA) is 124 Å². The van der Waals surface area contributed by atoms with E-state index in [9.17, 15) is 4.79 Å². The summed E-state index contributed by atoms with van der Waals surface area (Å²) in [4.78, 5) is 26.7. The Labute approximate surface area is 185 Å². The number of benzene rings is 1. The Bertz CT molecular complexity index is 1100. The van der Waals surface area contributed by atoms with Gasteiger partial charge in [-0.05, 0) is 36.6 Å². The molecule has 1 unspecified atom stereocenters. The van der Waals surface area contributed by atoms with Crippen LogP contribution in [0.5, 0.6) is 0 Å². The van der Waals surface area contributed by atoms with Crippen molar-refractivity contribution >= 4 is 34.4 Å². The van der Waals surface area contributed by atoms with Gasteiger partial charge in [0.15, 0.2) is 0 Å². The van der Waals surface area contributed by atoms with Crippen LogP contribution in [0.3, 0.4) is 0 Å². The van der Waals surface area contributed by atoms with Crippen LogP contribution in [0.1, 0.15) is 37.3 Å². The summed E-state index contributed by atoms with van der Waals surface area (Å²) in [7, 11) is 0. The molecule has 1 fully saturated rings. The molecule has 3 aromatic rings. The lowest BCUT2D eigenvalue weighted by atomic mass is 9.85. The van der Waals surface area contributed by atoms with Crippen LogP contribution in [0.15, 0.2) is 42.9 Å². The van der Waals surface area contributed by atoms with Crippen molar-refractivity contribution in [3.63, 3.8) is 0 Å². The van der Waals surface area contributed by atoms with Crippen LogP contribution < -0.4 is 16.0 Å². The van der Waals surface area contributed by atoms with Crippen molar-refractivity contribution < 1.29 is 4.79 Å². The normalized spacial score (nSPS) is 16.6. The van der Waals surface area contributed by atoms with Crippen LogP contribution in [-0.4, -0.2) is 39.5 Å². The molecule has 0 bridgehead atoms. The second kappa shape index (κ2) is 8.92. The highest BCUT2D eigenvalue weighted by Crippen LogP contribution is 2.30. The summed E-state index contributed by atoms with van der Waals surface area (Å²) < 4.78 is 0. The number of nitrogens with zero attached hydrogens (tertiary/aromatic N) is 4. The minimum atomic E-state index is -0.595. The maximum absolute atomic E-state index is 12.8. The fourth-order valence-electron chi connectivity index (χ4n) is 4.06. The van der Waals surface area contributed by atoms with Crippen molar-refractivity contribution in [2.75, 3.05) is 18.0 Å². The number of halogens is 1. The number of fused-ring (bicyclic) bond motifs is 1. The highest BCUT2D eigenvalue weighted by atomic mass is 35.5.